The van der Waals surface area contributed by atoms with Crippen molar-refractivity contribution in [2.45, 2.75) is 70.1 Å². The molecule has 0 saturated carbocycles. The van der Waals surface area contributed by atoms with E-state index in [4.69, 9.17) is 4.74 Å². The zero-order chi connectivity index (χ0) is 12.9. The molecule has 0 bridgehead atoms. The highest BCUT2D eigenvalue weighted by molar-refractivity contribution is 7.81. The minimum Gasteiger partial charge on any atom is -0.447 e. The number of unbranched alkanes of at least 4 members (excludes halogenated alkanes) is 7. The van der Waals surface area contributed by atoms with E-state index in [0.29, 0.717) is 6.42 Å². The second-order valence-electron chi connectivity index (χ2n) is 4.34. The molecule has 0 amide bonds. The zero-order valence-electron chi connectivity index (χ0n) is 11.0. The smallest absolute Gasteiger partial charge is 0.307 e. The highest BCUT2D eigenvalue weighted by Gasteiger charge is 2.05. The van der Waals surface area contributed by atoms with E-state index in [9.17, 15) is 4.79 Å². The number of hydrogen-bond acceptors (Lipinski definition) is 3. The fraction of sp³-hybridized carbons (Fsp3) is 0.786. The fourth-order valence-corrected chi connectivity index (χ4v) is 1.76. The summed E-state index contributed by atoms with van der Waals surface area (Å²) in [5.41, 5.74) is -0.462. The van der Waals surface area contributed by atoms with Crippen LogP contribution in [0.15, 0.2) is 12.7 Å². The maximum atomic E-state index is 11.3. The molecule has 1 unspecified atom stereocenters. The second kappa shape index (κ2) is 12.0. The van der Waals surface area contributed by atoms with Crippen molar-refractivity contribution >= 4 is 18.6 Å². The summed E-state index contributed by atoms with van der Waals surface area (Å²) < 4.78 is 4.97. The lowest BCUT2D eigenvalue weighted by Gasteiger charge is -2.07. The molecule has 100 valence electrons. The molecule has 0 aromatic rings. The minimum atomic E-state index is -0.462. The molecule has 0 aromatic carbocycles. The van der Waals surface area contributed by atoms with Crippen LogP contribution in [-0.4, -0.2) is 11.4 Å². The number of thiol groups is 1. The van der Waals surface area contributed by atoms with Gasteiger partial charge in [0.25, 0.3) is 0 Å². The number of carbonyl (C=O) groups excluding carboxylic acids is 1. The van der Waals surface area contributed by atoms with Gasteiger partial charge in [0.1, 0.15) is 0 Å². The third-order valence-corrected chi connectivity index (χ3v) is 3.00. The molecule has 0 fully saturated rings. The van der Waals surface area contributed by atoms with Crippen molar-refractivity contribution < 1.29 is 9.53 Å². The van der Waals surface area contributed by atoms with Crippen molar-refractivity contribution in [1.82, 2.24) is 0 Å². The van der Waals surface area contributed by atoms with Gasteiger partial charge in [0.05, 0.1) is 0 Å². The predicted octanol–water partition coefficient (Wildman–Crippen LogP) is 4.50. The number of rotatable bonds is 11. The van der Waals surface area contributed by atoms with Crippen LogP contribution < -0.4 is 0 Å². The van der Waals surface area contributed by atoms with E-state index in [-0.39, 0.29) is 5.97 Å². The Bertz CT molecular complexity index is 204. The maximum Gasteiger partial charge on any atom is 0.307 e. The van der Waals surface area contributed by atoms with Crippen LogP contribution in [0.5, 0.6) is 0 Å². The minimum absolute atomic E-state index is 0.170. The lowest BCUT2D eigenvalue weighted by molar-refractivity contribution is -0.143. The molecule has 0 aliphatic heterocycles. The summed E-state index contributed by atoms with van der Waals surface area (Å²) >= 11 is 4.02. The van der Waals surface area contributed by atoms with Crippen LogP contribution in [-0.2, 0) is 9.53 Å². The first-order chi connectivity index (χ1) is 8.20. The van der Waals surface area contributed by atoms with Crippen LogP contribution >= 0.6 is 12.6 Å². The molecule has 1 atom stereocenters. The van der Waals surface area contributed by atoms with E-state index in [2.05, 4.69) is 26.1 Å². The van der Waals surface area contributed by atoms with Gasteiger partial charge in [0, 0.05) is 6.42 Å². The van der Waals surface area contributed by atoms with Crippen LogP contribution in [0.2, 0.25) is 0 Å². The average Bonchev–Trinajstić information content (AvgIpc) is 2.32. The van der Waals surface area contributed by atoms with Crippen molar-refractivity contribution in [1.29, 1.82) is 0 Å². The Morgan fingerprint density at radius 2 is 1.71 bits per heavy atom. The zero-order valence-corrected chi connectivity index (χ0v) is 11.9. The van der Waals surface area contributed by atoms with Crippen LogP contribution in [0.4, 0.5) is 0 Å². The lowest BCUT2D eigenvalue weighted by atomic mass is 10.1. The van der Waals surface area contributed by atoms with Gasteiger partial charge in [-0.25, -0.2) is 0 Å². The Morgan fingerprint density at radius 1 is 1.18 bits per heavy atom. The molecule has 0 aliphatic carbocycles. The summed E-state index contributed by atoms with van der Waals surface area (Å²) in [6.07, 6.45) is 11.9. The molecule has 0 rings (SSSR count). The van der Waals surface area contributed by atoms with Crippen molar-refractivity contribution in [3.05, 3.63) is 12.7 Å². The Hall–Kier alpha value is -0.440. The summed E-state index contributed by atoms with van der Waals surface area (Å²) in [5.74, 6) is -0.170. The van der Waals surface area contributed by atoms with Gasteiger partial charge >= 0.3 is 5.97 Å². The summed E-state index contributed by atoms with van der Waals surface area (Å²) in [4.78, 5) is 11.3. The highest BCUT2D eigenvalue weighted by atomic mass is 32.1. The monoisotopic (exact) mass is 258 g/mol. The molecule has 0 spiro atoms. The molecule has 0 saturated heterocycles. The van der Waals surface area contributed by atoms with Gasteiger partial charge in [-0.1, -0.05) is 58.4 Å². The van der Waals surface area contributed by atoms with Crippen LogP contribution in [0.25, 0.3) is 0 Å². The first kappa shape index (κ1) is 16.6. The van der Waals surface area contributed by atoms with Gasteiger partial charge in [0.2, 0.25) is 0 Å². The van der Waals surface area contributed by atoms with Crippen LogP contribution in [0.1, 0.15) is 64.7 Å². The van der Waals surface area contributed by atoms with Crippen molar-refractivity contribution in [3.63, 3.8) is 0 Å². The molecule has 0 radical (unpaired) electrons. The largest absolute Gasteiger partial charge is 0.447 e. The van der Waals surface area contributed by atoms with E-state index in [1.807, 2.05) is 0 Å². The van der Waals surface area contributed by atoms with E-state index in [0.717, 1.165) is 12.8 Å². The van der Waals surface area contributed by atoms with Crippen molar-refractivity contribution in [2.24, 2.45) is 0 Å². The second-order valence-corrected chi connectivity index (χ2v) is 4.85. The third kappa shape index (κ3) is 11.8. The standard InChI is InChI=1S/C14H26O2S/c1-3-5-6-7-8-9-10-11-12-13(15)16-14(17)4-2/h4,14,17H,2-3,5-12H2,1H3. The van der Waals surface area contributed by atoms with Gasteiger partial charge in [-0.15, -0.1) is 12.6 Å². The van der Waals surface area contributed by atoms with E-state index in [1.165, 1.54) is 44.6 Å². The topological polar surface area (TPSA) is 26.3 Å². The Labute approximate surface area is 111 Å². The lowest BCUT2D eigenvalue weighted by Crippen LogP contribution is -2.09. The van der Waals surface area contributed by atoms with Crippen LogP contribution in [0.3, 0.4) is 0 Å². The van der Waals surface area contributed by atoms with Crippen LogP contribution in [0, 0.1) is 0 Å². The summed E-state index contributed by atoms with van der Waals surface area (Å²) in [5, 5.41) is 0. The molecule has 0 N–H and O–H groups in total. The Balaban J connectivity index is 3.22. The van der Waals surface area contributed by atoms with Gasteiger partial charge in [0.15, 0.2) is 5.44 Å². The first-order valence-electron chi connectivity index (χ1n) is 6.70. The van der Waals surface area contributed by atoms with Gasteiger partial charge < -0.3 is 4.74 Å². The number of carbonyl (C=O) groups is 1. The summed E-state index contributed by atoms with van der Waals surface area (Å²) in [6.45, 7) is 5.73. The Morgan fingerprint density at radius 3 is 2.24 bits per heavy atom. The number of ether oxygens (including phenoxy) is 1. The quantitative estimate of drug-likeness (QED) is 0.194. The Kier molecular flexibility index (Phi) is 11.7. The maximum absolute atomic E-state index is 11.3. The average molecular weight is 258 g/mol. The normalized spacial score (nSPS) is 12.1. The molecular formula is C14H26O2S. The molecule has 0 aliphatic rings. The van der Waals surface area contributed by atoms with E-state index in [1.54, 1.807) is 0 Å². The fourth-order valence-electron chi connectivity index (χ4n) is 1.64. The van der Waals surface area contributed by atoms with E-state index < -0.39 is 5.44 Å². The summed E-state index contributed by atoms with van der Waals surface area (Å²) in [6, 6.07) is 0. The number of esters is 1. The SMILES string of the molecule is C=CC(S)OC(=O)CCCCCCCCCC. The van der Waals surface area contributed by atoms with Gasteiger partial charge in [-0.3, -0.25) is 4.79 Å². The molecule has 3 heteroatoms. The molecule has 0 heterocycles. The predicted molar refractivity (Wildman–Crippen MR) is 76.3 cm³/mol. The van der Waals surface area contributed by atoms with Crippen molar-refractivity contribution in [3.8, 4) is 0 Å². The molecule has 2 nitrogen and oxygen atoms in total. The number of hydrogen-bond donors (Lipinski definition) is 1. The third-order valence-electron chi connectivity index (χ3n) is 2.69. The molecule has 17 heavy (non-hydrogen) atoms. The van der Waals surface area contributed by atoms with Gasteiger partial charge in [-0.05, 0) is 12.5 Å². The first-order valence-corrected chi connectivity index (χ1v) is 7.22. The molecule has 0 aromatic heterocycles. The van der Waals surface area contributed by atoms with E-state index >= 15 is 0 Å². The highest BCUT2D eigenvalue weighted by Crippen LogP contribution is 2.10. The summed E-state index contributed by atoms with van der Waals surface area (Å²) in [7, 11) is 0. The molecular weight excluding hydrogens is 232 g/mol. The van der Waals surface area contributed by atoms with Crippen molar-refractivity contribution in [2.75, 3.05) is 0 Å². The van der Waals surface area contributed by atoms with Gasteiger partial charge in [-0.2, -0.15) is 0 Å².